The van der Waals surface area contributed by atoms with Crippen molar-refractivity contribution in [2.24, 2.45) is 11.8 Å². The third-order valence-electron chi connectivity index (χ3n) is 4.11. The smallest absolute Gasteiger partial charge is 0.00500 e. The molecule has 2 unspecified atom stereocenters. The summed E-state index contributed by atoms with van der Waals surface area (Å²) in [6, 6.07) is 0. The first-order valence-corrected chi connectivity index (χ1v) is 6.43. The van der Waals surface area contributed by atoms with E-state index in [1.54, 1.807) is 5.57 Å². The van der Waals surface area contributed by atoms with E-state index in [0.29, 0.717) is 0 Å². The number of likely N-dealkylation sites (tertiary alicyclic amines) is 1. The van der Waals surface area contributed by atoms with Crippen LogP contribution in [0.4, 0.5) is 0 Å². The van der Waals surface area contributed by atoms with Crippen molar-refractivity contribution in [3.63, 3.8) is 0 Å². The number of rotatable bonds is 2. The van der Waals surface area contributed by atoms with Gasteiger partial charge in [0.15, 0.2) is 0 Å². The van der Waals surface area contributed by atoms with Crippen molar-refractivity contribution in [1.82, 2.24) is 4.90 Å². The topological polar surface area (TPSA) is 3.24 Å². The Morgan fingerprint density at radius 3 is 2.88 bits per heavy atom. The lowest BCUT2D eigenvalue weighted by molar-refractivity contribution is 0.153. The first-order chi connectivity index (χ1) is 7.76. The second-order valence-corrected chi connectivity index (χ2v) is 5.14. The Morgan fingerprint density at radius 2 is 2.19 bits per heavy atom. The minimum atomic E-state index is 0.747. The van der Waals surface area contributed by atoms with Crippen LogP contribution in [0.3, 0.4) is 0 Å². The highest BCUT2D eigenvalue weighted by Crippen LogP contribution is 2.40. The molecule has 1 heteroatoms. The van der Waals surface area contributed by atoms with Crippen molar-refractivity contribution < 1.29 is 0 Å². The zero-order chi connectivity index (χ0) is 11.5. The van der Waals surface area contributed by atoms with Gasteiger partial charge in [-0.1, -0.05) is 24.8 Å². The van der Waals surface area contributed by atoms with Crippen molar-refractivity contribution in [2.45, 2.75) is 26.2 Å². The van der Waals surface area contributed by atoms with Crippen LogP contribution < -0.4 is 0 Å². The van der Waals surface area contributed by atoms with E-state index < -0.39 is 0 Å². The number of fused-ring (bicyclic) bond motifs is 1. The number of allylic oxidation sites excluding steroid dienone is 4. The van der Waals surface area contributed by atoms with Crippen molar-refractivity contribution in [3.8, 4) is 0 Å². The van der Waals surface area contributed by atoms with E-state index in [0.717, 1.165) is 11.8 Å². The molecule has 0 radical (unpaired) electrons. The summed E-state index contributed by atoms with van der Waals surface area (Å²) >= 11 is 0. The second-order valence-electron chi connectivity index (χ2n) is 5.14. The number of hydrogen-bond acceptors (Lipinski definition) is 1. The van der Waals surface area contributed by atoms with Crippen LogP contribution in [0.2, 0.25) is 0 Å². The maximum Gasteiger partial charge on any atom is 0.00500 e. The molecule has 0 aromatic carbocycles. The first-order valence-electron chi connectivity index (χ1n) is 6.43. The average molecular weight is 217 g/mol. The van der Waals surface area contributed by atoms with Crippen molar-refractivity contribution in [2.75, 3.05) is 20.1 Å². The van der Waals surface area contributed by atoms with Gasteiger partial charge < -0.3 is 4.90 Å². The van der Waals surface area contributed by atoms with Crippen LogP contribution >= 0.6 is 0 Å². The average Bonchev–Trinajstić information content (AvgIpc) is 2.30. The lowest BCUT2D eigenvalue weighted by atomic mass is 9.71. The van der Waals surface area contributed by atoms with Gasteiger partial charge in [0, 0.05) is 6.54 Å². The standard InChI is InChI=1S/C15H23N/c1-4-6-14-12(5-2)7-8-13-9-10-16(3)11-15(13)14/h4-6,13,15H,2,7-11H2,1,3H3/b6-4-. The summed E-state index contributed by atoms with van der Waals surface area (Å²) in [7, 11) is 2.24. The summed E-state index contributed by atoms with van der Waals surface area (Å²) < 4.78 is 0. The van der Waals surface area contributed by atoms with E-state index in [2.05, 4.69) is 43.7 Å². The Labute approximate surface area is 99.5 Å². The van der Waals surface area contributed by atoms with Gasteiger partial charge in [0.05, 0.1) is 0 Å². The highest BCUT2D eigenvalue weighted by molar-refractivity contribution is 5.37. The summed E-state index contributed by atoms with van der Waals surface area (Å²) in [5.41, 5.74) is 3.04. The third kappa shape index (κ3) is 2.15. The predicted molar refractivity (Wildman–Crippen MR) is 70.4 cm³/mol. The Kier molecular flexibility index (Phi) is 3.65. The highest BCUT2D eigenvalue weighted by Gasteiger charge is 2.33. The second kappa shape index (κ2) is 5.01. The molecule has 2 rings (SSSR count). The summed E-state index contributed by atoms with van der Waals surface area (Å²) in [4.78, 5) is 2.47. The minimum Gasteiger partial charge on any atom is -0.306 e. The number of hydrogen-bond donors (Lipinski definition) is 0. The van der Waals surface area contributed by atoms with Gasteiger partial charge >= 0.3 is 0 Å². The largest absolute Gasteiger partial charge is 0.306 e. The van der Waals surface area contributed by atoms with Crippen LogP contribution in [0.5, 0.6) is 0 Å². The van der Waals surface area contributed by atoms with Crippen LogP contribution in [0.15, 0.2) is 36.0 Å². The van der Waals surface area contributed by atoms with Gasteiger partial charge in [-0.2, -0.15) is 0 Å². The molecule has 0 aromatic heterocycles. The maximum absolute atomic E-state index is 3.97. The van der Waals surface area contributed by atoms with Gasteiger partial charge in [0.25, 0.3) is 0 Å². The first kappa shape index (κ1) is 11.7. The fraction of sp³-hybridized carbons (Fsp3) is 0.600. The van der Waals surface area contributed by atoms with E-state index in [4.69, 9.17) is 0 Å². The molecule has 0 amide bonds. The SMILES string of the molecule is C=CC1=C(/C=C\C)C2CN(C)CCC2CC1. The Balaban J connectivity index is 2.29. The van der Waals surface area contributed by atoms with Gasteiger partial charge in [-0.25, -0.2) is 0 Å². The van der Waals surface area contributed by atoms with Crippen LogP contribution in [0.1, 0.15) is 26.2 Å². The lowest BCUT2D eigenvalue weighted by Gasteiger charge is -2.41. The Bertz CT molecular complexity index is 324. The van der Waals surface area contributed by atoms with Crippen LogP contribution in [0, 0.1) is 11.8 Å². The van der Waals surface area contributed by atoms with E-state index in [9.17, 15) is 0 Å². The summed E-state index contributed by atoms with van der Waals surface area (Å²) in [6.07, 6.45) is 10.5. The molecule has 0 bridgehead atoms. The van der Waals surface area contributed by atoms with Gasteiger partial charge in [-0.05, 0) is 62.8 Å². The molecule has 1 saturated heterocycles. The molecule has 0 aromatic rings. The maximum atomic E-state index is 3.97. The lowest BCUT2D eigenvalue weighted by Crippen LogP contribution is -2.40. The Morgan fingerprint density at radius 1 is 1.38 bits per heavy atom. The molecule has 88 valence electrons. The van der Waals surface area contributed by atoms with Crippen molar-refractivity contribution in [1.29, 1.82) is 0 Å². The zero-order valence-electron chi connectivity index (χ0n) is 10.6. The highest BCUT2D eigenvalue weighted by atomic mass is 15.1. The van der Waals surface area contributed by atoms with Crippen LogP contribution in [0.25, 0.3) is 0 Å². The van der Waals surface area contributed by atoms with Gasteiger partial charge in [-0.15, -0.1) is 0 Å². The molecule has 2 aliphatic rings. The van der Waals surface area contributed by atoms with Crippen LogP contribution in [-0.4, -0.2) is 25.0 Å². The molecule has 1 aliphatic carbocycles. The van der Waals surface area contributed by atoms with Gasteiger partial charge in [0.1, 0.15) is 0 Å². The van der Waals surface area contributed by atoms with E-state index in [1.807, 2.05) is 0 Å². The molecular formula is C15H23N. The fourth-order valence-electron chi connectivity index (χ4n) is 3.21. The molecule has 1 fully saturated rings. The molecule has 0 N–H and O–H groups in total. The molecule has 1 nitrogen and oxygen atoms in total. The molecule has 0 spiro atoms. The van der Waals surface area contributed by atoms with E-state index in [-0.39, 0.29) is 0 Å². The molecule has 2 atom stereocenters. The van der Waals surface area contributed by atoms with Crippen molar-refractivity contribution >= 4 is 0 Å². The molecular weight excluding hydrogens is 194 g/mol. The zero-order valence-corrected chi connectivity index (χ0v) is 10.6. The van der Waals surface area contributed by atoms with E-state index >= 15 is 0 Å². The molecule has 1 heterocycles. The Hall–Kier alpha value is -0.820. The van der Waals surface area contributed by atoms with Gasteiger partial charge in [-0.3, -0.25) is 0 Å². The van der Waals surface area contributed by atoms with Crippen molar-refractivity contribution in [3.05, 3.63) is 36.0 Å². The fourth-order valence-corrected chi connectivity index (χ4v) is 3.21. The minimum absolute atomic E-state index is 0.747. The number of nitrogens with zero attached hydrogens (tertiary/aromatic N) is 1. The molecule has 1 aliphatic heterocycles. The van der Waals surface area contributed by atoms with Crippen LogP contribution in [-0.2, 0) is 0 Å². The molecule has 16 heavy (non-hydrogen) atoms. The summed E-state index contributed by atoms with van der Waals surface area (Å²) in [5, 5.41) is 0. The normalized spacial score (nSPS) is 31.9. The van der Waals surface area contributed by atoms with E-state index in [1.165, 1.54) is 37.9 Å². The number of piperidine rings is 1. The van der Waals surface area contributed by atoms with Gasteiger partial charge in [0.2, 0.25) is 0 Å². The summed E-state index contributed by atoms with van der Waals surface area (Å²) in [6.45, 7) is 8.58. The molecule has 0 saturated carbocycles. The monoisotopic (exact) mass is 217 g/mol. The predicted octanol–water partition coefficient (Wildman–Crippen LogP) is 3.41. The summed E-state index contributed by atoms with van der Waals surface area (Å²) in [5.74, 6) is 1.66. The quantitative estimate of drug-likeness (QED) is 0.685. The third-order valence-corrected chi connectivity index (χ3v) is 4.11.